The third-order valence-corrected chi connectivity index (χ3v) is 5.51. The highest BCUT2D eigenvalue weighted by Gasteiger charge is 2.23. The molecule has 1 fully saturated rings. The van der Waals surface area contributed by atoms with Crippen molar-refractivity contribution in [1.82, 2.24) is 14.8 Å². The molecule has 5 nitrogen and oxygen atoms in total. The number of benzene rings is 1. The number of rotatable bonds is 5. The molecule has 1 amide bonds. The van der Waals surface area contributed by atoms with Crippen molar-refractivity contribution < 1.29 is 4.79 Å². The Hall–Kier alpha value is -1.92. The smallest absolute Gasteiger partial charge is 0.236 e. The molecular weight excluding hydrogens is 320 g/mol. The summed E-state index contributed by atoms with van der Waals surface area (Å²) < 4.78 is 0. The molecule has 1 saturated heterocycles. The van der Waals surface area contributed by atoms with E-state index in [1.807, 2.05) is 41.7 Å². The number of carbonyl (C=O) groups is 1. The van der Waals surface area contributed by atoms with Gasteiger partial charge in [-0.3, -0.25) is 9.69 Å². The summed E-state index contributed by atoms with van der Waals surface area (Å²) in [5, 5.41) is 3.08. The van der Waals surface area contributed by atoms with E-state index in [0.717, 1.165) is 31.3 Å². The quantitative estimate of drug-likeness (QED) is 0.835. The van der Waals surface area contributed by atoms with Crippen LogP contribution in [0.25, 0.3) is 0 Å². The largest absolute Gasteiger partial charge is 0.346 e. The predicted molar refractivity (Wildman–Crippen MR) is 98.4 cm³/mol. The van der Waals surface area contributed by atoms with E-state index in [2.05, 4.69) is 33.8 Å². The molecule has 1 aliphatic heterocycles. The number of hydrogen-bond donors (Lipinski definition) is 0. The minimum absolute atomic E-state index is 0.0929. The van der Waals surface area contributed by atoms with E-state index in [1.54, 1.807) is 11.3 Å². The average Bonchev–Trinajstić information content (AvgIpc) is 3.16. The van der Waals surface area contributed by atoms with Gasteiger partial charge >= 0.3 is 0 Å². The Bertz CT molecular complexity index is 638. The van der Waals surface area contributed by atoms with Crippen molar-refractivity contribution in [2.75, 3.05) is 44.7 Å². The number of aromatic nitrogens is 1. The van der Waals surface area contributed by atoms with Crippen molar-refractivity contribution in [2.24, 2.45) is 0 Å². The molecule has 1 aromatic heterocycles. The van der Waals surface area contributed by atoms with Crippen molar-refractivity contribution >= 4 is 22.4 Å². The number of anilines is 1. The highest BCUT2D eigenvalue weighted by atomic mass is 32.1. The van der Waals surface area contributed by atoms with E-state index in [-0.39, 0.29) is 11.9 Å². The van der Waals surface area contributed by atoms with Crippen molar-refractivity contribution in [1.29, 1.82) is 0 Å². The fourth-order valence-corrected chi connectivity index (χ4v) is 3.64. The lowest BCUT2D eigenvalue weighted by Gasteiger charge is -2.35. The molecule has 0 spiro atoms. The molecule has 0 unspecified atom stereocenters. The van der Waals surface area contributed by atoms with Crippen molar-refractivity contribution in [3.05, 3.63) is 47.5 Å². The first kappa shape index (κ1) is 16.9. The van der Waals surface area contributed by atoms with Crippen LogP contribution in [-0.4, -0.2) is 60.5 Å². The van der Waals surface area contributed by atoms with Gasteiger partial charge in [0.25, 0.3) is 0 Å². The summed E-state index contributed by atoms with van der Waals surface area (Å²) in [5.41, 5.74) is 1.17. The Balaban J connectivity index is 1.50. The average molecular weight is 344 g/mol. The normalized spacial score (nSPS) is 16.8. The third kappa shape index (κ3) is 3.94. The number of amides is 1. The van der Waals surface area contributed by atoms with Gasteiger partial charge in [-0.05, 0) is 12.5 Å². The molecule has 24 heavy (non-hydrogen) atoms. The molecule has 3 rings (SSSR count). The first-order valence-corrected chi connectivity index (χ1v) is 9.20. The molecule has 0 aliphatic carbocycles. The molecular formula is C18H24N4OS. The number of carbonyl (C=O) groups excluding carboxylic acids is 1. The van der Waals surface area contributed by atoms with E-state index in [0.29, 0.717) is 6.54 Å². The van der Waals surface area contributed by atoms with Gasteiger partial charge in [0.05, 0.1) is 12.6 Å². The fourth-order valence-electron chi connectivity index (χ4n) is 2.94. The zero-order valence-corrected chi connectivity index (χ0v) is 15.1. The summed E-state index contributed by atoms with van der Waals surface area (Å²) in [4.78, 5) is 23.3. The number of nitrogens with zero attached hydrogens (tertiary/aromatic N) is 4. The Morgan fingerprint density at radius 3 is 2.58 bits per heavy atom. The fraction of sp³-hybridized carbons (Fsp3) is 0.444. The van der Waals surface area contributed by atoms with E-state index in [1.165, 1.54) is 5.56 Å². The summed E-state index contributed by atoms with van der Waals surface area (Å²) in [6.45, 7) is 6.22. The van der Waals surface area contributed by atoms with Crippen LogP contribution >= 0.6 is 11.3 Å². The lowest BCUT2D eigenvalue weighted by Crippen LogP contribution is -2.49. The van der Waals surface area contributed by atoms with Crippen LogP contribution in [0, 0.1) is 0 Å². The second-order valence-electron chi connectivity index (χ2n) is 6.17. The number of thiazole rings is 1. The zero-order chi connectivity index (χ0) is 16.9. The summed E-state index contributed by atoms with van der Waals surface area (Å²) in [6, 6.07) is 10.3. The van der Waals surface area contributed by atoms with Gasteiger partial charge < -0.3 is 9.80 Å². The molecule has 0 radical (unpaired) electrons. The highest BCUT2D eigenvalue weighted by Crippen LogP contribution is 2.20. The standard InChI is InChI=1S/C18H24N4OS/c1-15(16-6-4-3-5-7-16)20(2)17(23)14-21-9-11-22(12-10-21)18-19-8-13-24-18/h3-8,13,15H,9-12,14H2,1-2H3/t15-/m1/s1. The SMILES string of the molecule is C[C@H](c1ccccc1)N(C)C(=O)CN1CCN(c2nccs2)CC1. The van der Waals surface area contributed by atoms with Crippen molar-refractivity contribution in [3.63, 3.8) is 0 Å². The van der Waals surface area contributed by atoms with Crippen molar-refractivity contribution in [3.8, 4) is 0 Å². The maximum atomic E-state index is 12.6. The molecule has 1 aromatic carbocycles. The lowest BCUT2D eigenvalue weighted by atomic mass is 10.1. The predicted octanol–water partition coefficient (Wildman–Crippen LogP) is 2.48. The third-order valence-electron chi connectivity index (χ3n) is 4.68. The van der Waals surface area contributed by atoms with E-state index >= 15 is 0 Å². The minimum Gasteiger partial charge on any atom is -0.346 e. The summed E-state index contributed by atoms with van der Waals surface area (Å²) in [6.07, 6.45) is 1.84. The second-order valence-corrected chi connectivity index (χ2v) is 7.04. The Morgan fingerprint density at radius 1 is 1.25 bits per heavy atom. The summed E-state index contributed by atoms with van der Waals surface area (Å²) in [7, 11) is 1.89. The molecule has 0 saturated carbocycles. The van der Waals surface area contributed by atoms with Crippen LogP contribution in [-0.2, 0) is 4.79 Å². The number of likely N-dealkylation sites (N-methyl/N-ethyl adjacent to an activating group) is 1. The molecule has 2 heterocycles. The van der Waals surface area contributed by atoms with Gasteiger partial charge in [0, 0.05) is 44.8 Å². The van der Waals surface area contributed by atoms with Crippen LogP contribution < -0.4 is 4.90 Å². The zero-order valence-electron chi connectivity index (χ0n) is 14.3. The molecule has 1 aliphatic rings. The first-order chi connectivity index (χ1) is 11.6. The van der Waals surface area contributed by atoms with Crippen LogP contribution in [0.15, 0.2) is 41.9 Å². The maximum Gasteiger partial charge on any atom is 0.236 e. The van der Waals surface area contributed by atoms with Crippen LogP contribution in [0.3, 0.4) is 0 Å². The van der Waals surface area contributed by atoms with Gasteiger partial charge in [-0.15, -0.1) is 11.3 Å². The van der Waals surface area contributed by atoms with Gasteiger partial charge in [-0.25, -0.2) is 4.98 Å². The molecule has 1 atom stereocenters. The summed E-state index contributed by atoms with van der Waals surface area (Å²) >= 11 is 1.67. The van der Waals surface area contributed by atoms with Gasteiger partial charge in [0.1, 0.15) is 0 Å². The molecule has 6 heteroatoms. The highest BCUT2D eigenvalue weighted by molar-refractivity contribution is 7.13. The van der Waals surface area contributed by atoms with E-state index in [4.69, 9.17) is 0 Å². The Kier molecular flexibility index (Phi) is 5.48. The molecule has 128 valence electrons. The minimum atomic E-state index is 0.0929. The topological polar surface area (TPSA) is 39.7 Å². The van der Waals surface area contributed by atoms with Crippen LogP contribution in [0.4, 0.5) is 5.13 Å². The Morgan fingerprint density at radius 2 is 1.96 bits per heavy atom. The molecule has 0 bridgehead atoms. The van der Waals surface area contributed by atoms with E-state index < -0.39 is 0 Å². The van der Waals surface area contributed by atoms with Gasteiger partial charge in [-0.2, -0.15) is 0 Å². The lowest BCUT2D eigenvalue weighted by molar-refractivity contribution is -0.133. The van der Waals surface area contributed by atoms with Gasteiger partial charge in [-0.1, -0.05) is 30.3 Å². The molecule has 2 aromatic rings. The van der Waals surface area contributed by atoms with Crippen molar-refractivity contribution in [2.45, 2.75) is 13.0 Å². The molecule has 0 N–H and O–H groups in total. The Labute approximate surface area is 147 Å². The number of hydrogen-bond acceptors (Lipinski definition) is 5. The first-order valence-electron chi connectivity index (χ1n) is 8.32. The summed E-state index contributed by atoms with van der Waals surface area (Å²) in [5.74, 6) is 0.175. The second kappa shape index (κ2) is 7.77. The van der Waals surface area contributed by atoms with Crippen LogP contribution in [0.2, 0.25) is 0 Å². The van der Waals surface area contributed by atoms with Crippen LogP contribution in [0.5, 0.6) is 0 Å². The monoisotopic (exact) mass is 344 g/mol. The number of piperazine rings is 1. The van der Waals surface area contributed by atoms with Gasteiger partial charge in [0.15, 0.2) is 5.13 Å². The maximum absolute atomic E-state index is 12.6. The van der Waals surface area contributed by atoms with E-state index in [9.17, 15) is 4.79 Å². The van der Waals surface area contributed by atoms with Gasteiger partial charge in [0.2, 0.25) is 5.91 Å². The van der Waals surface area contributed by atoms with Crippen LogP contribution in [0.1, 0.15) is 18.5 Å².